The molecule has 0 spiro atoms. The minimum Gasteiger partial charge on any atom is -0.486 e. The van der Waals surface area contributed by atoms with E-state index in [0.717, 1.165) is 5.01 Å². The van der Waals surface area contributed by atoms with Crippen molar-refractivity contribution in [3.63, 3.8) is 0 Å². The Labute approximate surface area is 189 Å². The van der Waals surface area contributed by atoms with Gasteiger partial charge in [-0.05, 0) is 43.3 Å². The molecule has 7 nitrogen and oxygen atoms in total. The van der Waals surface area contributed by atoms with Gasteiger partial charge in [-0.2, -0.15) is 5.26 Å². The molecule has 158 valence electrons. The number of nitriles is 1. The standard InChI is InChI=1S/C22H20ClN5O2S/c1-15-20(31-19(26-15)14-30-18-6-4-17(23)5-7-18)22(29)28-11-9-27(10-12-28)21-16(13-24)3-2-8-25-21/h2-8H,9-12,14H2,1H3. The number of rotatable bonds is 5. The Morgan fingerprint density at radius 3 is 2.68 bits per heavy atom. The first-order valence-corrected chi connectivity index (χ1v) is 11.0. The fourth-order valence-corrected chi connectivity index (χ4v) is 4.46. The van der Waals surface area contributed by atoms with E-state index in [0.29, 0.717) is 65.5 Å². The quantitative estimate of drug-likeness (QED) is 0.582. The highest BCUT2D eigenvalue weighted by Crippen LogP contribution is 2.24. The highest BCUT2D eigenvalue weighted by atomic mass is 35.5. The lowest BCUT2D eigenvalue weighted by Gasteiger charge is -2.35. The number of pyridine rings is 1. The van der Waals surface area contributed by atoms with Crippen molar-refractivity contribution in [1.29, 1.82) is 5.26 Å². The molecule has 4 rings (SSSR count). The van der Waals surface area contributed by atoms with E-state index < -0.39 is 0 Å². The second-order valence-electron chi connectivity index (χ2n) is 7.03. The second kappa shape index (κ2) is 9.33. The van der Waals surface area contributed by atoms with Crippen LogP contribution in [0.1, 0.15) is 25.9 Å². The molecule has 3 aromatic rings. The highest BCUT2D eigenvalue weighted by molar-refractivity contribution is 7.13. The second-order valence-corrected chi connectivity index (χ2v) is 8.55. The summed E-state index contributed by atoms with van der Waals surface area (Å²) in [6.45, 7) is 4.52. The number of anilines is 1. The number of ether oxygens (including phenoxy) is 1. The maximum absolute atomic E-state index is 13.1. The van der Waals surface area contributed by atoms with Crippen LogP contribution in [0.2, 0.25) is 5.02 Å². The molecule has 0 radical (unpaired) electrons. The van der Waals surface area contributed by atoms with E-state index in [9.17, 15) is 10.1 Å². The first kappa shape index (κ1) is 21.1. The van der Waals surface area contributed by atoms with Gasteiger partial charge < -0.3 is 14.5 Å². The summed E-state index contributed by atoms with van der Waals surface area (Å²) in [5.74, 6) is 1.36. The Bertz CT molecular complexity index is 1120. The number of carbonyl (C=O) groups is 1. The SMILES string of the molecule is Cc1nc(COc2ccc(Cl)cc2)sc1C(=O)N1CCN(c2ncccc2C#N)CC1. The average Bonchev–Trinajstić information content (AvgIpc) is 3.18. The van der Waals surface area contributed by atoms with Crippen molar-refractivity contribution in [2.75, 3.05) is 31.1 Å². The predicted molar refractivity (Wildman–Crippen MR) is 120 cm³/mol. The fraction of sp³-hybridized carbons (Fsp3) is 0.273. The maximum atomic E-state index is 13.1. The van der Waals surface area contributed by atoms with Crippen molar-refractivity contribution in [3.05, 3.63) is 68.8 Å². The lowest BCUT2D eigenvalue weighted by atomic mass is 10.2. The van der Waals surface area contributed by atoms with E-state index in [2.05, 4.69) is 16.0 Å². The largest absolute Gasteiger partial charge is 0.486 e. The van der Waals surface area contributed by atoms with Gasteiger partial charge in [0.15, 0.2) is 0 Å². The summed E-state index contributed by atoms with van der Waals surface area (Å²) in [4.78, 5) is 26.4. The van der Waals surface area contributed by atoms with Crippen molar-refractivity contribution in [2.24, 2.45) is 0 Å². The Kier molecular flexibility index (Phi) is 6.35. The van der Waals surface area contributed by atoms with Gasteiger partial charge in [0.1, 0.15) is 34.1 Å². The zero-order valence-electron chi connectivity index (χ0n) is 16.9. The van der Waals surface area contributed by atoms with E-state index >= 15 is 0 Å². The summed E-state index contributed by atoms with van der Waals surface area (Å²) in [5, 5.41) is 10.7. The van der Waals surface area contributed by atoms with Gasteiger partial charge in [-0.3, -0.25) is 4.79 Å². The smallest absolute Gasteiger partial charge is 0.265 e. The van der Waals surface area contributed by atoms with E-state index in [1.54, 1.807) is 42.6 Å². The Balaban J connectivity index is 1.38. The van der Waals surface area contributed by atoms with Crippen LogP contribution in [-0.4, -0.2) is 47.0 Å². The number of thiazole rings is 1. The van der Waals surface area contributed by atoms with Crippen LogP contribution >= 0.6 is 22.9 Å². The van der Waals surface area contributed by atoms with Crippen LogP contribution in [0.25, 0.3) is 0 Å². The number of hydrogen-bond acceptors (Lipinski definition) is 7. The van der Waals surface area contributed by atoms with Crippen LogP contribution in [-0.2, 0) is 6.61 Å². The number of hydrogen-bond donors (Lipinski definition) is 0. The number of amides is 1. The number of carbonyl (C=O) groups excluding carboxylic acids is 1. The molecule has 9 heteroatoms. The zero-order valence-corrected chi connectivity index (χ0v) is 18.5. The predicted octanol–water partition coefficient (Wildman–Crippen LogP) is 3.91. The minimum absolute atomic E-state index is 0.0195. The molecule has 1 amide bonds. The highest BCUT2D eigenvalue weighted by Gasteiger charge is 2.26. The number of halogens is 1. The molecular formula is C22H20ClN5O2S. The van der Waals surface area contributed by atoms with Crippen LogP contribution < -0.4 is 9.64 Å². The van der Waals surface area contributed by atoms with Crippen LogP contribution in [0.4, 0.5) is 5.82 Å². The Morgan fingerprint density at radius 2 is 1.97 bits per heavy atom. The normalized spacial score (nSPS) is 13.7. The third kappa shape index (κ3) is 4.79. The molecule has 0 atom stereocenters. The molecule has 3 heterocycles. The van der Waals surface area contributed by atoms with Gasteiger partial charge in [-0.1, -0.05) is 11.6 Å². The number of nitrogens with zero attached hydrogens (tertiary/aromatic N) is 5. The van der Waals surface area contributed by atoms with Crippen molar-refractivity contribution >= 4 is 34.7 Å². The zero-order chi connectivity index (χ0) is 21.8. The van der Waals surface area contributed by atoms with E-state index in [1.807, 2.05) is 16.7 Å². The summed E-state index contributed by atoms with van der Waals surface area (Å²) in [5.41, 5.74) is 1.26. The first-order valence-electron chi connectivity index (χ1n) is 9.79. The van der Waals surface area contributed by atoms with E-state index in [-0.39, 0.29) is 5.91 Å². The molecule has 2 aromatic heterocycles. The molecule has 1 saturated heterocycles. The third-order valence-electron chi connectivity index (χ3n) is 4.98. The Morgan fingerprint density at radius 1 is 1.23 bits per heavy atom. The fourth-order valence-electron chi connectivity index (χ4n) is 3.39. The van der Waals surface area contributed by atoms with E-state index in [1.165, 1.54) is 11.3 Å². The van der Waals surface area contributed by atoms with Gasteiger partial charge in [0.2, 0.25) is 0 Å². The molecule has 1 aliphatic rings. The summed E-state index contributed by atoms with van der Waals surface area (Å²) < 4.78 is 5.75. The number of piperazine rings is 1. The van der Waals surface area contributed by atoms with Gasteiger partial charge in [-0.15, -0.1) is 11.3 Å². The molecular weight excluding hydrogens is 434 g/mol. The molecule has 1 fully saturated rings. The number of benzene rings is 1. The van der Waals surface area contributed by atoms with Gasteiger partial charge in [0.25, 0.3) is 5.91 Å². The molecule has 1 aliphatic heterocycles. The summed E-state index contributed by atoms with van der Waals surface area (Å²) in [6, 6.07) is 12.8. The van der Waals surface area contributed by atoms with Crippen LogP contribution in [0.3, 0.4) is 0 Å². The minimum atomic E-state index is -0.0195. The van der Waals surface area contributed by atoms with Crippen molar-refractivity contribution in [3.8, 4) is 11.8 Å². The van der Waals surface area contributed by atoms with Gasteiger partial charge in [0, 0.05) is 37.4 Å². The molecule has 0 saturated carbocycles. The molecule has 0 bridgehead atoms. The lowest BCUT2D eigenvalue weighted by Crippen LogP contribution is -2.49. The van der Waals surface area contributed by atoms with Gasteiger partial charge >= 0.3 is 0 Å². The van der Waals surface area contributed by atoms with Gasteiger partial charge in [0.05, 0.1) is 11.3 Å². The average molecular weight is 454 g/mol. The van der Waals surface area contributed by atoms with Crippen LogP contribution in [0.15, 0.2) is 42.6 Å². The van der Waals surface area contributed by atoms with Crippen molar-refractivity contribution < 1.29 is 9.53 Å². The van der Waals surface area contributed by atoms with Gasteiger partial charge in [-0.25, -0.2) is 9.97 Å². The molecule has 0 unspecified atom stereocenters. The molecule has 1 aromatic carbocycles. The monoisotopic (exact) mass is 453 g/mol. The van der Waals surface area contributed by atoms with Crippen LogP contribution in [0.5, 0.6) is 5.75 Å². The summed E-state index contributed by atoms with van der Waals surface area (Å²) in [7, 11) is 0. The lowest BCUT2D eigenvalue weighted by molar-refractivity contribution is 0.0750. The molecule has 31 heavy (non-hydrogen) atoms. The molecule has 0 aliphatic carbocycles. The van der Waals surface area contributed by atoms with E-state index in [4.69, 9.17) is 16.3 Å². The van der Waals surface area contributed by atoms with Crippen molar-refractivity contribution in [2.45, 2.75) is 13.5 Å². The van der Waals surface area contributed by atoms with Crippen LogP contribution in [0, 0.1) is 18.3 Å². The number of aryl methyl sites for hydroxylation is 1. The first-order chi connectivity index (χ1) is 15.0. The summed E-state index contributed by atoms with van der Waals surface area (Å²) in [6.07, 6.45) is 1.68. The Hall–Kier alpha value is -3.15. The maximum Gasteiger partial charge on any atom is 0.265 e. The molecule has 0 N–H and O–H groups in total. The third-order valence-corrected chi connectivity index (χ3v) is 6.36. The topological polar surface area (TPSA) is 82.3 Å². The number of aromatic nitrogens is 2. The van der Waals surface area contributed by atoms with Crippen molar-refractivity contribution in [1.82, 2.24) is 14.9 Å². The summed E-state index contributed by atoms with van der Waals surface area (Å²) >= 11 is 7.26.